The zero-order valence-corrected chi connectivity index (χ0v) is 11.1. The number of hydrogen-bond donors (Lipinski definition) is 1. The predicted octanol–water partition coefficient (Wildman–Crippen LogP) is 3.13. The van der Waals surface area contributed by atoms with Gasteiger partial charge in [-0.1, -0.05) is 26.0 Å². The van der Waals surface area contributed by atoms with Gasteiger partial charge in [0.15, 0.2) is 0 Å². The molecule has 0 saturated heterocycles. The summed E-state index contributed by atoms with van der Waals surface area (Å²) in [4.78, 5) is 10.7. The van der Waals surface area contributed by atoms with Crippen molar-refractivity contribution in [2.45, 2.75) is 45.6 Å². The Hall–Kier alpha value is -1.42. The van der Waals surface area contributed by atoms with E-state index in [1.165, 1.54) is 0 Å². The van der Waals surface area contributed by atoms with Crippen molar-refractivity contribution in [2.24, 2.45) is 11.1 Å². The molecule has 3 atom stereocenters. The topological polar surface area (TPSA) is 69.2 Å². The zero-order valence-electron chi connectivity index (χ0n) is 11.1. The highest BCUT2D eigenvalue weighted by Gasteiger charge is 2.49. The van der Waals surface area contributed by atoms with Gasteiger partial charge in [0.05, 0.1) is 4.92 Å². The molecule has 3 unspecified atom stereocenters. The summed E-state index contributed by atoms with van der Waals surface area (Å²) < 4.78 is 0. The number of nitrogens with zero attached hydrogens (tertiary/aromatic N) is 1. The molecule has 0 amide bonds. The number of benzene rings is 1. The SMILES string of the molecule is CCC1(C)C(N)CC1c1ccc(C)c([N+](=O)[O-])c1. The minimum Gasteiger partial charge on any atom is -0.327 e. The second kappa shape index (κ2) is 4.35. The van der Waals surface area contributed by atoms with Gasteiger partial charge in [0, 0.05) is 17.7 Å². The Labute approximate surface area is 107 Å². The van der Waals surface area contributed by atoms with Crippen molar-refractivity contribution in [2.75, 3.05) is 0 Å². The molecule has 0 radical (unpaired) electrons. The van der Waals surface area contributed by atoms with E-state index in [9.17, 15) is 10.1 Å². The maximum Gasteiger partial charge on any atom is 0.272 e. The van der Waals surface area contributed by atoms with Crippen LogP contribution in [0.5, 0.6) is 0 Å². The summed E-state index contributed by atoms with van der Waals surface area (Å²) in [6.45, 7) is 6.08. The third kappa shape index (κ3) is 1.81. The molecule has 1 saturated carbocycles. The third-order valence-electron chi connectivity index (χ3n) is 4.73. The fraction of sp³-hybridized carbons (Fsp3) is 0.571. The summed E-state index contributed by atoms with van der Waals surface area (Å²) >= 11 is 0. The summed E-state index contributed by atoms with van der Waals surface area (Å²) in [7, 11) is 0. The molecule has 4 nitrogen and oxygen atoms in total. The second-order valence-corrected chi connectivity index (χ2v) is 5.56. The van der Waals surface area contributed by atoms with Gasteiger partial charge >= 0.3 is 0 Å². The monoisotopic (exact) mass is 248 g/mol. The number of nitro benzene ring substituents is 1. The number of nitrogens with two attached hydrogens (primary N) is 1. The van der Waals surface area contributed by atoms with Crippen LogP contribution in [0, 0.1) is 22.5 Å². The van der Waals surface area contributed by atoms with Crippen LogP contribution in [0.1, 0.15) is 43.7 Å². The first-order chi connectivity index (χ1) is 8.40. The van der Waals surface area contributed by atoms with Gasteiger partial charge in [0.2, 0.25) is 0 Å². The molecule has 1 fully saturated rings. The lowest BCUT2D eigenvalue weighted by Crippen LogP contribution is -2.54. The first-order valence-electron chi connectivity index (χ1n) is 6.40. The van der Waals surface area contributed by atoms with Crippen molar-refractivity contribution in [1.82, 2.24) is 0 Å². The number of aryl methyl sites for hydroxylation is 1. The standard InChI is InChI=1S/C14H20N2O2/c1-4-14(3)11(8-13(14)15)10-6-5-9(2)12(7-10)16(17)18/h5-7,11,13H,4,8,15H2,1-3H3. The van der Waals surface area contributed by atoms with E-state index in [4.69, 9.17) is 5.73 Å². The van der Waals surface area contributed by atoms with Crippen molar-refractivity contribution in [1.29, 1.82) is 0 Å². The fourth-order valence-corrected chi connectivity index (χ4v) is 2.96. The van der Waals surface area contributed by atoms with Crippen molar-refractivity contribution in [3.63, 3.8) is 0 Å². The first-order valence-corrected chi connectivity index (χ1v) is 6.40. The second-order valence-electron chi connectivity index (χ2n) is 5.56. The van der Waals surface area contributed by atoms with E-state index in [1.807, 2.05) is 12.1 Å². The molecule has 4 heteroatoms. The molecule has 1 aromatic rings. The van der Waals surface area contributed by atoms with Crippen LogP contribution >= 0.6 is 0 Å². The molecule has 0 aromatic heterocycles. The Morgan fingerprint density at radius 1 is 1.56 bits per heavy atom. The van der Waals surface area contributed by atoms with E-state index in [2.05, 4.69) is 13.8 Å². The highest BCUT2D eigenvalue weighted by atomic mass is 16.6. The van der Waals surface area contributed by atoms with Crippen LogP contribution < -0.4 is 5.73 Å². The van der Waals surface area contributed by atoms with E-state index < -0.39 is 0 Å². The predicted molar refractivity (Wildman–Crippen MR) is 71.6 cm³/mol. The summed E-state index contributed by atoms with van der Waals surface area (Å²) in [5.41, 5.74) is 8.14. The molecule has 1 aliphatic carbocycles. The number of rotatable bonds is 3. The van der Waals surface area contributed by atoms with Gasteiger partial charge in [0.25, 0.3) is 5.69 Å². The minimum atomic E-state index is -0.305. The van der Waals surface area contributed by atoms with Gasteiger partial charge in [-0.3, -0.25) is 10.1 Å². The van der Waals surface area contributed by atoms with Gasteiger partial charge < -0.3 is 5.73 Å². The van der Waals surface area contributed by atoms with Crippen LogP contribution in [0.4, 0.5) is 5.69 Å². The van der Waals surface area contributed by atoms with E-state index in [0.29, 0.717) is 11.5 Å². The van der Waals surface area contributed by atoms with Crippen LogP contribution in [0.3, 0.4) is 0 Å². The van der Waals surface area contributed by atoms with Crippen LogP contribution in [0.15, 0.2) is 18.2 Å². The Kier molecular flexibility index (Phi) is 3.15. The Morgan fingerprint density at radius 3 is 2.72 bits per heavy atom. The maximum absolute atomic E-state index is 11.0. The molecule has 98 valence electrons. The summed E-state index contributed by atoms with van der Waals surface area (Å²) in [6, 6.07) is 5.77. The molecule has 0 bridgehead atoms. The average molecular weight is 248 g/mol. The highest BCUT2D eigenvalue weighted by molar-refractivity contribution is 5.45. The molecular weight excluding hydrogens is 228 g/mol. The molecule has 2 rings (SSSR count). The first kappa shape index (κ1) is 13.0. The highest BCUT2D eigenvalue weighted by Crippen LogP contribution is 2.54. The molecule has 2 N–H and O–H groups in total. The third-order valence-corrected chi connectivity index (χ3v) is 4.73. The van der Waals surface area contributed by atoms with E-state index in [0.717, 1.165) is 18.4 Å². The molecule has 0 heterocycles. The summed E-state index contributed by atoms with van der Waals surface area (Å²) in [5.74, 6) is 0.344. The molecule has 0 aliphatic heterocycles. The zero-order chi connectivity index (χ0) is 13.5. The fourth-order valence-electron chi connectivity index (χ4n) is 2.96. The Balaban J connectivity index is 2.36. The lowest BCUT2D eigenvalue weighted by atomic mass is 9.54. The van der Waals surface area contributed by atoms with Crippen LogP contribution in [0.25, 0.3) is 0 Å². The quantitative estimate of drug-likeness (QED) is 0.660. The summed E-state index contributed by atoms with van der Waals surface area (Å²) in [6.07, 6.45) is 1.92. The van der Waals surface area contributed by atoms with Crippen molar-refractivity contribution >= 4 is 5.69 Å². The van der Waals surface area contributed by atoms with Crippen LogP contribution in [-0.4, -0.2) is 11.0 Å². The average Bonchev–Trinajstić information content (AvgIpc) is 2.35. The molecule has 18 heavy (non-hydrogen) atoms. The van der Waals surface area contributed by atoms with Crippen LogP contribution in [-0.2, 0) is 0 Å². The van der Waals surface area contributed by atoms with Crippen molar-refractivity contribution in [3.8, 4) is 0 Å². The lowest BCUT2D eigenvalue weighted by Gasteiger charge is -2.52. The molecular formula is C14H20N2O2. The molecule has 1 aromatic carbocycles. The molecule has 0 spiro atoms. The number of nitro groups is 1. The van der Waals surface area contributed by atoms with Crippen molar-refractivity contribution in [3.05, 3.63) is 39.4 Å². The maximum atomic E-state index is 11.0. The Morgan fingerprint density at radius 2 is 2.22 bits per heavy atom. The van der Waals surface area contributed by atoms with Gasteiger partial charge in [0.1, 0.15) is 0 Å². The van der Waals surface area contributed by atoms with Gasteiger partial charge in [-0.05, 0) is 36.7 Å². The van der Waals surface area contributed by atoms with Crippen LogP contribution in [0.2, 0.25) is 0 Å². The van der Waals surface area contributed by atoms with Gasteiger partial charge in [-0.15, -0.1) is 0 Å². The van der Waals surface area contributed by atoms with Gasteiger partial charge in [-0.2, -0.15) is 0 Å². The molecule has 1 aliphatic rings. The van der Waals surface area contributed by atoms with E-state index in [-0.39, 0.29) is 22.1 Å². The number of hydrogen-bond acceptors (Lipinski definition) is 3. The Bertz CT molecular complexity index is 487. The van der Waals surface area contributed by atoms with Gasteiger partial charge in [-0.25, -0.2) is 0 Å². The van der Waals surface area contributed by atoms with Crippen molar-refractivity contribution < 1.29 is 4.92 Å². The van der Waals surface area contributed by atoms with E-state index in [1.54, 1.807) is 13.0 Å². The minimum absolute atomic E-state index is 0.0725. The summed E-state index contributed by atoms with van der Waals surface area (Å²) in [5, 5.41) is 11.0. The normalized spacial score (nSPS) is 30.9. The largest absolute Gasteiger partial charge is 0.327 e. The van der Waals surface area contributed by atoms with E-state index >= 15 is 0 Å². The smallest absolute Gasteiger partial charge is 0.272 e. The lowest BCUT2D eigenvalue weighted by molar-refractivity contribution is -0.385.